The largest absolute Gasteiger partial charge is 0.341 e. The average Bonchev–Trinajstić information content (AvgIpc) is 3.04. The van der Waals surface area contributed by atoms with E-state index in [1.165, 1.54) is 0 Å². The van der Waals surface area contributed by atoms with Crippen LogP contribution in [0.25, 0.3) is 4.96 Å². The van der Waals surface area contributed by atoms with E-state index in [9.17, 15) is 0 Å². The number of fused-ring (bicyclic) bond motifs is 1. The van der Waals surface area contributed by atoms with Gasteiger partial charge in [0.1, 0.15) is 0 Å². The SMILES string of the molecule is CC(c1ccccn1)N(C)c1nn2cc(C(C)(C)C)nc2s1. The number of anilines is 1. The second kappa shape index (κ2) is 5.35. The van der Waals surface area contributed by atoms with E-state index in [2.05, 4.69) is 42.7 Å². The van der Waals surface area contributed by atoms with Crippen LogP contribution in [0.1, 0.15) is 45.1 Å². The Hall–Kier alpha value is -1.95. The van der Waals surface area contributed by atoms with Gasteiger partial charge in [-0.15, -0.1) is 5.10 Å². The molecule has 5 nitrogen and oxygen atoms in total. The van der Waals surface area contributed by atoms with Crippen molar-refractivity contribution in [3.63, 3.8) is 0 Å². The van der Waals surface area contributed by atoms with Crippen LogP contribution in [-0.4, -0.2) is 26.6 Å². The van der Waals surface area contributed by atoms with Gasteiger partial charge >= 0.3 is 0 Å². The minimum Gasteiger partial charge on any atom is -0.341 e. The Balaban J connectivity index is 1.88. The molecule has 116 valence electrons. The Morgan fingerprint density at radius 3 is 2.64 bits per heavy atom. The highest BCUT2D eigenvalue weighted by Crippen LogP contribution is 2.30. The van der Waals surface area contributed by atoms with E-state index < -0.39 is 0 Å². The number of rotatable bonds is 3. The van der Waals surface area contributed by atoms with Crippen LogP contribution in [-0.2, 0) is 5.41 Å². The molecule has 0 radical (unpaired) electrons. The van der Waals surface area contributed by atoms with Crippen molar-refractivity contribution in [1.29, 1.82) is 0 Å². The van der Waals surface area contributed by atoms with Gasteiger partial charge in [0, 0.05) is 18.7 Å². The monoisotopic (exact) mass is 315 g/mol. The van der Waals surface area contributed by atoms with Gasteiger partial charge in [0.25, 0.3) is 0 Å². The van der Waals surface area contributed by atoms with E-state index in [1.54, 1.807) is 11.3 Å². The maximum Gasteiger partial charge on any atom is 0.214 e. The van der Waals surface area contributed by atoms with E-state index >= 15 is 0 Å². The standard InChI is InChI=1S/C16H21N5S/c1-11(12-8-6-7-9-17-12)20(5)15-19-21-10-13(16(2,3)4)18-14(21)22-15/h6-11H,1-5H3. The second-order valence-electron chi connectivity index (χ2n) is 6.53. The number of nitrogens with zero attached hydrogens (tertiary/aromatic N) is 5. The minimum atomic E-state index is 0.0424. The number of aromatic nitrogens is 4. The van der Waals surface area contributed by atoms with E-state index in [1.807, 2.05) is 42.2 Å². The Morgan fingerprint density at radius 1 is 1.27 bits per heavy atom. The molecule has 0 aliphatic carbocycles. The van der Waals surface area contributed by atoms with Gasteiger partial charge in [-0.05, 0) is 19.1 Å². The van der Waals surface area contributed by atoms with Gasteiger partial charge in [0.05, 0.1) is 23.6 Å². The lowest BCUT2D eigenvalue weighted by molar-refractivity contribution is 0.572. The Bertz CT molecular complexity index is 737. The van der Waals surface area contributed by atoms with E-state index in [-0.39, 0.29) is 11.5 Å². The molecule has 3 aromatic heterocycles. The third-order valence-electron chi connectivity index (χ3n) is 3.80. The smallest absolute Gasteiger partial charge is 0.214 e. The molecule has 22 heavy (non-hydrogen) atoms. The van der Waals surface area contributed by atoms with Gasteiger partial charge in [-0.3, -0.25) is 4.98 Å². The summed E-state index contributed by atoms with van der Waals surface area (Å²) in [6, 6.07) is 6.15. The number of hydrogen-bond donors (Lipinski definition) is 0. The van der Waals surface area contributed by atoms with Gasteiger partial charge in [0.2, 0.25) is 10.1 Å². The molecular formula is C16H21N5S. The molecule has 0 N–H and O–H groups in total. The molecule has 0 saturated carbocycles. The van der Waals surface area contributed by atoms with E-state index in [0.29, 0.717) is 0 Å². The highest BCUT2D eigenvalue weighted by molar-refractivity contribution is 7.20. The first-order valence-electron chi connectivity index (χ1n) is 7.37. The number of imidazole rings is 1. The van der Waals surface area contributed by atoms with Crippen molar-refractivity contribution in [2.45, 2.75) is 39.2 Å². The summed E-state index contributed by atoms with van der Waals surface area (Å²) in [6.45, 7) is 8.62. The summed E-state index contributed by atoms with van der Waals surface area (Å²) in [5.74, 6) is 0. The van der Waals surface area contributed by atoms with E-state index in [0.717, 1.165) is 21.5 Å². The van der Waals surface area contributed by atoms with Crippen molar-refractivity contribution in [2.24, 2.45) is 0 Å². The normalized spacial score (nSPS) is 13.5. The van der Waals surface area contributed by atoms with Crippen LogP contribution in [0.5, 0.6) is 0 Å². The molecule has 1 unspecified atom stereocenters. The van der Waals surface area contributed by atoms with Crippen molar-refractivity contribution in [2.75, 3.05) is 11.9 Å². The zero-order chi connectivity index (χ0) is 15.9. The molecule has 0 amide bonds. The zero-order valence-corrected chi connectivity index (χ0v) is 14.4. The van der Waals surface area contributed by atoms with E-state index in [4.69, 9.17) is 4.98 Å². The summed E-state index contributed by atoms with van der Waals surface area (Å²) >= 11 is 1.60. The van der Waals surface area contributed by atoms with Gasteiger partial charge in [-0.2, -0.15) is 0 Å². The molecule has 6 heteroatoms. The summed E-state index contributed by atoms with van der Waals surface area (Å²) in [5, 5.41) is 5.61. The molecule has 3 rings (SSSR count). The molecule has 3 aromatic rings. The molecule has 0 aliphatic rings. The predicted octanol–water partition coefficient (Wildman–Crippen LogP) is 3.68. The maximum absolute atomic E-state index is 4.70. The Kier molecular flexibility index (Phi) is 3.64. The highest BCUT2D eigenvalue weighted by atomic mass is 32.1. The fourth-order valence-electron chi connectivity index (χ4n) is 2.18. The summed E-state index contributed by atoms with van der Waals surface area (Å²) < 4.78 is 1.88. The van der Waals surface area contributed by atoms with Gasteiger partial charge in [0.15, 0.2) is 0 Å². The van der Waals surface area contributed by atoms with Crippen LogP contribution in [0.15, 0.2) is 30.6 Å². The van der Waals surface area contributed by atoms with Gasteiger partial charge in [-0.1, -0.05) is 38.2 Å². The van der Waals surface area contributed by atoms with Crippen LogP contribution < -0.4 is 4.90 Å². The lowest BCUT2D eigenvalue weighted by Gasteiger charge is -2.23. The van der Waals surface area contributed by atoms with Gasteiger partial charge < -0.3 is 4.90 Å². The Morgan fingerprint density at radius 2 is 2.05 bits per heavy atom. The third kappa shape index (κ3) is 2.70. The van der Waals surface area contributed by atoms with Crippen LogP contribution in [0.4, 0.5) is 5.13 Å². The Labute approximate surface area is 134 Å². The zero-order valence-electron chi connectivity index (χ0n) is 13.6. The summed E-state index contributed by atoms with van der Waals surface area (Å²) in [7, 11) is 2.04. The molecule has 0 fully saturated rings. The van der Waals surface area contributed by atoms with Crippen LogP contribution >= 0.6 is 11.3 Å². The van der Waals surface area contributed by atoms with Crippen LogP contribution in [0.2, 0.25) is 0 Å². The predicted molar refractivity (Wildman–Crippen MR) is 90.6 cm³/mol. The minimum absolute atomic E-state index is 0.0424. The average molecular weight is 315 g/mol. The second-order valence-corrected chi connectivity index (χ2v) is 7.46. The topological polar surface area (TPSA) is 46.3 Å². The number of hydrogen-bond acceptors (Lipinski definition) is 5. The van der Waals surface area contributed by atoms with Crippen molar-refractivity contribution < 1.29 is 0 Å². The van der Waals surface area contributed by atoms with Crippen molar-refractivity contribution in [1.82, 2.24) is 19.6 Å². The fourth-order valence-corrected chi connectivity index (χ4v) is 3.11. The van der Waals surface area contributed by atoms with Crippen molar-refractivity contribution in [3.8, 4) is 0 Å². The lowest BCUT2D eigenvalue weighted by atomic mass is 9.93. The fraction of sp³-hybridized carbons (Fsp3) is 0.438. The third-order valence-corrected chi connectivity index (χ3v) is 4.81. The van der Waals surface area contributed by atoms with Crippen molar-refractivity contribution >= 4 is 21.4 Å². The first-order valence-corrected chi connectivity index (χ1v) is 8.18. The highest BCUT2D eigenvalue weighted by Gasteiger charge is 2.21. The molecule has 3 heterocycles. The quantitative estimate of drug-likeness (QED) is 0.739. The summed E-state index contributed by atoms with van der Waals surface area (Å²) in [5.41, 5.74) is 2.15. The van der Waals surface area contributed by atoms with Gasteiger partial charge in [-0.25, -0.2) is 9.50 Å². The molecule has 1 atom stereocenters. The molecule has 0 bridgehead atoms. The first-order chi connectivity index (χ1) is 10.4. The molecule has 0 spiro atoms. The molecular weight excluding hydrogens is 294 g/mol. The number of pyridine rings is 1. The van der Waals surface area contributed by atoms with Crippen molar-refractivity contribution in [3.05, 3.63) is 42.0 Å². The maximum atomic E-state index is 4.70. The molecule has 0 saturated heterocycles. The summed E-state index contributed by atoms with van der Waals surface area (Å²) in [4.78, 5) is 12.2. The van der Waals surface area contributed by atoms with Crippen LogP contribution in [0, 0.1) is 0 Å². The summed E-state index contributed by atoms with van der Waals surface area (Å²) in [6.07, 6.45) is 3.85. The molecule has 0 aliphatic heterocycles. The van der Waals surface area contributed by atoms with Crippen LogP contribution in [0.3, 0.4) is 0 Å². The lowest BCUT2D eigenvalue weighted by Crippen LogP contribution is -2.22. The first kappa shape index (κ1) is 15.0. The molecule has 0 aromatic carbocycles.